The van der Waals surface area contributed by atoms with Gasteiger partial charge in [-0.15, -0.1) is 0 Å². The number of carboxylic acid groups (broad SMARTS) is 1. The number of carboxylic acids is 1. The number of hydrogen-bond donors (Lipinski definition) is 2. The van der Waals surface area contributed by atoms with Crippen LogP contribution in [0.25, 0.3) is 0 Å². The SMILES string of the molecule is Cc1cc(C(=O)O)cc(NCCc2ccccc2C)n1. The zero-order chi connectivity index (χ0) is 14.5. The zero-order valence-corrected chi connectivity index (χ0v) is 11.7. The minimum Gasteiger partial charge on any atom is -0.478 e. The van der Waals surface area contributed by atoms with E-state index in [0.717, 1.165) is 13.0 Å². The molecule has 104 valence electrons. The fourth-order valence-corrected chi connectivity index (χ4v) is 2.10. The third-order valence-corrected chi connectivity index (χ3v) is 3.16. The highest BCUT2D eigenvalue weighted by atomic mass is 16.4. The van der Waals surface area contributed by atoms with Crippen molar-refractivity contribution in [2.24, 2.45) is 0 Å². The van der Waals surface area contributed by atoms with Crippen LogP contribution < -0.4 is 5.32 Å². The van der Waals surface area contributed by atoms with Crippen molar-refractivity contribution >= 4 is 11.8 Å². The number of nitrogens with zero attached hydrogens (tertiary/aromatic N) is 1. The zero-order valence-electron chi connectivity index (χ0n) is 11.7. The topological polar surface area (TPSA) is 62.2 Å². The minimum absolute atomic E-state index is 0.260. The Hall–Kier alpha value is -2.36. The van der Waals surface area contributed by atoms with Gasteiger partial charge < -0.3 is 10.4 Å². The van der Waals surface area contributed by atoms with Gasteiger partial charge in [-0.25, -0.2) is 9.78 Å². The van der Waals surface area contributed by atoms with Crippen LogP contribution in [0.15, 0.2) is 36.4 Å². The molecule has 0 amide bonds. The van der Waals surface area contributed by atoms with E-state index in [-0.39, 0.29) is 5.56 Å². The molecule has 0 unspecified atom stereocenters. The predicted octanol–water partition coefficient (Wildman–Crippen LogP) is 3.05. The highest BCUT2D eigenvalue weighted by molar-refractivity contribution is 5.88. The first-order valence-electron chi connectivity index (χ1n) is 6.56. The normalized spacial score (nSPS) is 10.3. The molecule has 0 fully saturated rings. The van der Waals surface area contributed by atoms with E-state index in [1.165, 1.54) is 11.1 Å². The van der Waals surface area contributed by atoms with E-state index in [0.29, 0.717) is 11.5 Å². The van der Waals surface area contributed by atoms with Crippen LogP contribution >= 0.6 is 0 Å². The quantitative estimate of drug-likeness (QED) is 0.876. The summed E-state index contributed by atoms with van der Waals surface area (Å²) in [5.41, 5.74) is 3.50. The van der Waals surface area contributed by atoms with Crippen molar-refractivity contribution in [2.45, 2.75) is 20.3 Å². The van der Waals surface area contributed by atoms with E-state index in [1.54, 1.807) is 19.1 Å². The second-order valence-electron chi connectivity index (χ2n) is 4.79. The van der Waals surface area contributed by atoms with Gasteiger partial charge in [0, 0.05) is 12.2 Å². The largest absolute Gasteiger partial charge is 0.478 e. The summed E-state index contributed by atoms with van der Waals surface area (Å²) in [7, 11) is 0. The number of anilines is 1. The van der Waals surface area contributed by atoms with E-state index < -0.39 is 5.97 Å². The lowest BCUT2D eigenvalue weighted by Gasteiger charge is -2.09. The summed E-state index contributed by atoms with van der Waals surface area (Å²) in [5.74, 6) is -0.326. The molecular formula is C16H18N2O2. The molecule has 20 heavy (non-hydrogen) atoms. The van der Waals surface area contributed by atoms with Gasteiger partial charge in [0.1, 0.15) is 5.82 Å². The standard InChI is InChI=1S/C16H18N2O2/c1-11-5-3-4-6-13(11)7-8-17-15-10-14(16(19)20)9-12(2)18-15/h3-6,9-10H,7-8H2,1-2H3,(H,17,18)(H,19,20). The van der Waals surface area contributed by atoms with Crippen molar-refractivity contribution in [3.05, 3.63) is 58.8 Å². The van der Waals surface area contributed by atoms with Gasteiger partial charge in [0.2, 0.25) is 0 Å². The molecule has 2 aromatic rings. The summed E-state index contributed by atoms with van der Waals surface area (Å²) in [5, 5.41) is 12.2. The monoisotopic (exact) mass is 270 g/mol. The average Bonchev–Trinajstić information content (AvgIpc) is 2.40. The first-order chi connectivity index (χ1) is 9.56. The molecule has 1 heterocycles. The molecule has 0 aliphatic rings. The third kappa shape index (κ3) is 3.57. The number of benzene rings is 1. The van der Waals surface area contributed by atoms with Gasteiger partial charge in [0.25, 0.3) is 0 Å². The summed E-state index contributed by atoms with van der Waals surface area (Å²) in [6.45, 7) is 4.60. The van der Waals surface area contributed by atoms with Crippen LogP contribution in [-0.2, 0) is 6.42 Å². The van der Waals surface area contributed by atoms with Gasteiger partial charge in [-0.3, -0.25) is 0 Å². The maximum atomic E-state index is 11.0. The van der Waals surface area contributed by atoms with Crippen molar-refractivity contribution in [1.82, 2.24) is 4.98 Å². The van der Waals surface area contributed by atoms with Crippen LogP contribution in [0.5, 0.6) is 0 Å². The van der Waals surface area contributed by atoms with E-state index in [4.69, 9.17) is 5.11 Å². The van der Waals surface area contributed by atoms with Crippen LogP contribution in [0.1, 0.15) is 27.2 Å². The Bertz CT molecular complexity index is 624. The smallest absolute Gasteiger partial charge is 0.335 e. The van der Waals surface area contributed by atoms with Gasteiger partial charge in [-0.1, -0.05) is 24.3 Å². The number of aromatic carboxylic acids is 1. The first kappa shape index (κ1) is 14.1. The van der Waals surface area contributed by atoms with E-state index >= 15 is 0 Å². The third-order valence-electron chi connectivity index (χ3n) is 3.16. The van der Waals surface area contributed by atoms with Gasteiger partial charge in [-0.2, -0.15) is 0 Å². The maximum Gasteiger partial charge on any atom is 0.335 e. The summed E-state index contributed by atoms with van der Waals surface area (Å²) in [4.78, 5) is 15.3. The molecule has 0 saturated carbocycles. The summed E-state index contributed by atoms with van der Waals surface area (Å²) in [6, 6.07) is 11.4. The molecule has 1 aromatic heterocycles. The summed E-state index contributed by atoms with van der Waals surface area (Å²) < 4.78 is 0. The molecule has 4 nitrogen and oxygen atoms in total. The van der Waals surface area contributed by atoms with E-state index in [2.05, 4.69) is 29.4 Å². The van der Waals surface area contributed by atoms with E-state index in [9.17, 15) is 4.79 Å². The number of aryl methyl sites for hydroxylation is 2. The first-order valence-corrected chi connectivity index (χ1v) is 6.56. The van der Waals surface area contributed by atoms with E-state index in [1.807, 2.05) is 12.1 Å². The number of pyridine rings is 1. The molecule has 0 aliphatic heterocycles. The fourth-order valence-electron chi connectivity index (χ4n) is 2.10. The van der Waals surface area contributed by atoms with Crippen molar-refractivity contribution in [1.29, 1.82) is 0 Å². The molecule has 2 rings (SSSR count). The van der Waals surface area contributed by atoms with Gasteiger partial charge in [0.15, 0.2) is 0 Å². The summed E-state index contributed by atoms with van der Waals surface area (Å²) >= 11 is 0. The fraction of sp³-hybridized carbons (Fsp3) is 0.250. The van der Waals surface area contributed by atoms with Crippen molar-refractivity contribution in [3.63, 3.8) is 0 Å². The minimum atomic E-state index is -0.933. The Morgan fingerprint density at radius 3 is 2.70 bits per heavy atom. The Morgan fingerprint density at radius 1 is 1.25 bits per heavy atom. The lowest BCUT2D eigenvalue weighted by atomic mass is 10.1. The maximum absolute atomic E-state index is 11.0. The van der Waals surface area contributed by atoms with Crippen molar-refractivity contribution in [3.8, 4) is 0 Å². The second-order valence-corrected chi connectivity index (χ2v) is 4.79. The molecule has 0 bridgehead atoms. The highest BCUT2D eigenvalue weighted by Gasteiger charge is 2.06. The number of rotatable bonds is 5. The van der Waals surface area contributed by atoms with Crippen LogP contribution in [0.4, 0.5) is 5.82 Å². The molecule has 1 aromatic carbocycles. The lowest BCUT2D eigenvalue weighted by molar-refractivity contribution is 0.0696. The molecule has 0 atom stereocenters. The van der Waals surface area contributed by atoms with Crippen LogP contribution in [0, 0.1) is 13.8 Å². The van der Waals surface area contributed by atoms with Crippen molar-refractivity contribution < 1.29 is 9.90 Å². The Balaban J connectivity index is 2.01. The molecule has 4 heteroatoms. The van der Waals surface area contributed by atoms with Crippen LogP contribution in [0.3, 0.4) is 0 Å². The molecule has 0 radical (unpaired) electrons. The summed E-state index contributed by atoms with van der Waals surface area (Å²) in [6.07, 6.45) is 0.880. The lowest BCUT2D eigenvalue weighted by Crippen LogP contribution is -2.09. The number of nitrogens with one attached hydrogen (secondary N) is 1. The molecule has 0 saturated heterocycles. The van der Waals surface area contributed by atoms with Crippen LogP contribution in [0.2, 0.25) is 0 Å². The molecule has 0 aliphatic carbocycles. The van der Waals surface area contributed by atoms with Crippen molar-refractivity contribution in [2.75, 3.05) is 11.9 Å². The van der Waals surface area contributed by atoms with Gasteiger partial charge in [-0.05, 0) is 43.5 Å². The number of aromatic nitrogens is 1. The predicted molar refractivity (Wildman–Crippen MR) is 79.3 cm³/mol. The molecular weight excluding hydrogens is 252 g/mol. The molecule has 0 spiro atoms. The molecule has 2 N–H and O–H groups in total. The van der Waals surface area contributed by atoms with Gasteiger partial charge in [0.05, 0.1) is 5.56 Å². The Morgan fingerprint density at radius 2 is 2.00 bits per heavy atom. The van der Waals surface area contributed by atoms with Crippen LogP contribution in [-0.4, -0.2) is 22.6 Å². The number of carbonyl (C=O) groups is 1. The number of hydrogen-bond acceptors (Lipinski definition) is 3. The average molecular weight is 270 g/mol. The van der Waals surface area contributed by atoms with Gasteiger partial charge >= 0.3 is 5.97 Å². The Labute approximate surface area is 118 Å². The Kier molecular flexibility index (Phi) is 4.35. The second kappa shape index (κ2) is 6.19. The highest BCUT2D eigenvalue weighted by Crippen LogP contribution is 2.12.